The molecule has 0 spiro atoms. The standard InChI is InChI=1S/C21H29N3O2S/c1-3-9-15(2)22-19(25)14-27-21-23-18-13-8-7-12-17(18)20(26)24(21)16-10-5-4-6-11-16/h7-8,12-13,15-16H,3-6,9-11,14H2,1-2H3,(H,22,25)/t15-/m1/s1. The van der Waals surface area contributed by atoms with Gasteiger partial charge in [0.25, 0.3) is 5.56 Å². The number of hydrogen-bond acceptors (Lipinski definition) is 4. The molecule has 1 aliphatic rings. The summed E-state index contributed by atoms with van der Waals surface area (Å²) in [6.07, 6.45) is 7.54. The molecule has 0 radical (unpaired) electrons. The Bertz CT molecular complexity index is 843. The van der Waals surface area contributed by atoms with Crippen molar-refractivity contribution in [1.29, 1.82) is 0 Å². The molecule has 1 aliphatic carbocycles. The zero-order valence-corrected chi connectivity index (χ0v) is 17.1. The highest BCUT2D eigenvalue weighted by molar-refractivity contribution is 7.99. The molecule has 0 aliphatic heterocycles. The molecule has 1 N–H and O–H groups in total. The predicted octanol–water partition coefficient (Wildman–Crippen LogP) is 4.30. The Kier molecular flexibility index (Phi) is 6.94. The molecule has 1 amide bonds. The Labute approximate surface area is 164 Å². The average molecular weight is 388 g/mol. The summed E-state index contributed by atoms with van der Waals surface area (Å²) in [7, 11) is 0. The number of rotatable bonds is 7. The first-order valence-corrected chi connectivity index (χ1v) is 11.0. The van der Waals surface area contributed by atoms with Crippen LogP contribution in [0, 0.1) is 0 Å². The molecule has 1 fully saturated rings. The highest BCUT2D eigenvalue weighted by atomic mass is 32.2. The number of para-hydroxylation sites is 1. The van der Waals surface area contributed by atoms with E-state index in [1.165, 1.54) is 18.2 Å². The van der Waals surface area contributed by atoms with E-state index in [4.69, 9.17) is 4.98 Å². The summed E-state index contributed by atoms with van der Waals surface area (Å²) in [4.78, 5) is 30.2. The van der Waals surface area contributed by atoms with Gasteiger partial charge in [0.05, 0.1) is 16.7 Å². The number of carbonyl (C=O) groups is 1. The van der Waals surface area contributed by atoms with E-state index in [1.54, 1.807) is 0 Å². The molecule has 146 valence electrons. The third-order valence-electron chi connectivity index (χ3n) is 5.18. The van der Waals surface area contributed by atoms with Crippen molar-refractivity contribution in [3.05, 3.63) is 34.6 Å². The lowest BCUT2D eigenvalue weighted by Gasteiger charge is -2.26. The van der Waals surface area contributed by atoms with E-state index < -0.39 is 0 Å². The molecule has 0 saturated heterocycles. The number of nitrogens with zero attached hydrogens (tertiary/aromatic N) is 2. The number of nitrogens with one attached hydrogen (secondary N) is 1. The monoisotopic (exact) mass is 387 g/mol. The summed E-state index contributed by atoms with van der Waals surface area (Å²) < 4.78 is 1.86. The molecule has 1 aromatic heterocycles. The molecule has 1 heterocycles. The van der Waals surface area contributed by atoms with Crippen LogP contribution in [0.15, 0.2) is 34.2 Å². The van der Waals surface area contributed by atoms with Gasteiger partial charge in [-0.25, -0.2) is 4.98 Å². The lowest BCUT2D eigenvalue weighted by molar-refractivity contribution is -0.119. The van der Waals surface area contributed by atoms with Crippen molar-refractivity contribution in [2.75, 3.05) is 5.75 Å². The van der Waals surface area contributed by atoms with Crippen LogP contribution in [0.4, 0.5) is 0 Å². The van der Waals surface area contributed by atoms with Crippen molar-refractivity contribution in [2.45, 2.75) is 76.0 Å². The molecule has 6 heteroatoms. The van der Waals surface area contributed by atoms with Crippen LogP contribution in [-0.4, -0.2) is 27.3 Å². The van der Waals surface area contributed by atoms with Crippen LogP contribution in [0.5, 0.6) is 0 Å². The predicted molar refractivity (Wildman–Crippen MR) is 111 cm³/mol. The number of carbonyl (C=O) groups excluding carboxylic acids is 1. The van der Waals surface area contributed by atoms with E-state index in [0.717, 1.165) is 38.5 Å². The zero-order valence-electron chi connectivity index (χ0n) is 16.2. The molecule has 2 aromatic rings. The van der Waals surface area contributed by atoms with Gasteiger partial charge < -0.3 is 5.32 Å². The van der Waals surface area contributed by atoms with Gasteiger partial charge in [-0.3, -0.25) is 14.2 Å². The van der Waals surface area contributed by atoms with Crippen LogP contribution in [0.2, 0.25) is 0 Å². The lowest BCUT2D eigenvalue weighted by Crippen LogP contribution is -2.34. The first-order valence-electron chi connectivity index (χ1n) is 10.0. The second-order valence-corrected chi connectivity index (χ2v) is 8.37. The van der Waals surface area contributed by atoms with Gasteiger partial charge in [0.15, 0.2) is 5.16 Å². The number of hydrogen-bond donors (Lipinski definition) is 1. The molecule has 27 heavy (non-hydrogen) atoms. The van der Waals surface area contributed by atoms with Crippen molar-refractivity contribution < 1.29 is 4.79 Å². The fourth-order valence-corrected chi connectivity index (χ4v) is 4.72. The fraction of sp³-hybridized carbons (Fsp3) is 0.571. The van der Waals surface area contributed by atoms with Crippen LogP contribution >= 0.6 is 11.8 Å². The van der Waals surface area contributed by atoms with Crippen molar-refractivity contribution >= 4 is 28.6 Å². The van der Waals surface area contributed by atoms with Gasteiger partial charge in [0.1, 0.15) is 0 Å². The molecule has 0 unspecified atom stereocenters. The van der Waals surface area contributed by atoms with E-state index in [0.29, 0.717) is 16.1 Å². The topological polar surface area (TPSA) is 64.0 Å². The van der Waals surface area contributed by atoms with E-state index in [9.17, 15) is 9.59 Å². The third kappa shape index (κ3) is 4.92. The fourth-order valence-electron chi connectivity index (χ4n) is 3.84. The summed E-state index contributed by atoms with van der Waals surface area (Å²) in [6.45, 7) is 4.14. The molecular weight excluding hydrogens is 358 g/mol. The Hall–Kier alpha value is -1.82. The maximum atomic E-state index is 13.2. The molecule has 5 nitrogen and oxygen atoms in total. The summed E-state index contributed by atoms with van der Waals surface area (Å²) in [5.74, 6) is 0.282. The van der Waals surface area contributed by atoms with Gasteiger partial charge in [-0.15, -0.1) is 0 Å². The minimum Gasteiger partial charge on any atom is -0.353 e. The number of thioether (sulfide) groups is 1. The summed E-state index contributed by atoms with van der Waals surface area (Å²) >= 11 is 1.38. The smallest absolute Gasteiger partial charge is 0.262 e. The minimum atomic E-state index is -0.00134. The molecule has 1 aromatic carbocycles. The van der Waals surface area contributed by atoms with E-state index >= 15 is 0 Å². The number of amides is 1. The number of aromatic nitrogens is 2. The molecule has 3 rings (SSSR count). The van der Waals surface area contributed by atoms with Crippen molar-refractivity contribution in [3.63, 3.8) is 0 Å². The SMILES string of the molecule is CCC[C@@H](C)NC(=O)CSc1nc2ccccc2c(=O)n1C1CCCCC1. The molecule has 0 bridgehead atoms. The highest BCUT2D eigenvalue weighted by Gasteiger charge is 2.22. The van der Waals surface area contributed by atoms with Gasteiger partial charge in [0, 0.05) is 12.1 Å². The van der Waals surface area contributed by atoms with Crippen LogP contribution in [0.25, 0.3) is 10.9 Å². The second kappa shape index (κ2) is 9.40. The normalized spacial score (nSPS) is 16.4. The lowest BCUT2D eigenvalue weighted by atomic mass is 9.95. The van der Waals surface area contributed by atoms with Gasteiger partial charge in [-0.05, 0) is 38.3 Å². The maximum absolute atomic E-state index is 13.2. The largest absolute Gasteiger partial charge is 0.353 e. The van der Waals surface area contributed by atoms with Crippen LogP contribution < -0.4 is 10.9 Å². The average Bonchev–Trinajstić information content (AvgIpc) is 2.67. The van der Waals surface area contributed by atoms with Crippen LogP contribution in [0.1, 0.15) is 64.8 Å². The van der Waals surface area contributed by atoms with Crippen molar-refractivity contribution in [1.82, 2.24) is 14.9 Å². The summed E-state index contributed by atoms with van der Waals surface area (Å²) in [6, 6.07) is 7.85. The molecule has 1 saturated carbocycles. The number of fused-ring (bicyclic) bond motifs is 1. The summed E-state index contributed by atoms with van der Waals surface area (Å²) in [5.41, 5.74) is 0.728. The Morgan fingerprint density at radius 1 is 1.30 bits per heavy atom. The maximum Gasteiger partial charge on any atom is 0.262 e. The van der Waals surface area contributed by atoms with Crippen molar-refractivity contribution in [2.24, 2.45) is 0 Å². The van der Waals surface area contributed by atoms with Gasteiger partial charge in [0.2, 0.25) is 5.91 Å². The first-order chi connectivity index (χ1) is 13.1. The molecule has 1 atom stereocenters. The Morgan fingerprint density at radius 2 is 2.04 bits per heavy atom. The van der Waals surface area contributed by atoms with Crippen LogP contribution in [-0.2, 0) is 4.79 Å². The Balaban J connectivity index is 1.86. The quantitative estimate of drug-likeness (QED) is 0.568. The van der Waals surface area contributed by atoms with Gasteiger partial charge >= 0.3 is 0 Å². The highest BCUT2D eigenvalue weighted by Crippen LogP contribution is 2.31. The Morgan fingerprint density at radius 3 is 2.78 bits per heavy atom. The number of benzene rings is 1. The van der Waals surface area contributed by atoms with Crippen molar-refractivity contribution in [3.8, 4) is 0 Å². The van der Waals surface area contributed by atoms with E-state index in [2.05, 4.69) is 12.2 Å². The summed E-state index contributed by atoms with van der Waals surface area (Å²) in [5, 5.41) is 4.36. The van der Waals surface area contributed by atoms with E-state index in [-0.39, 0.29) is 29.3 Å². The van der Waals surface area contributed by atoms with Gasteiger partial charge in [-0.1, -0.05) is 56.5 Å². The third-order valence-corrected chi connectivity index (χ3v) is 6.13. The van der Waals surface area contributed by atoms with E-state index in [1.807, 2.05) is 35.8 Å². The zero-order chi connectivity index (χ0) is 19.2. The second-order valence-electron chi connectivity index (χ2n) is 7.42. The molecular formula is C21H29N3O2S. The minimum absolute atomic E-state index is 0.00134. The van der Waals surface area contributed by atoms with Gasteiger partial charge in [-0.2, -0.15) is 0 Å². The van der Waals surface area contributed by atoms with Crippen LogP contribution in [0.3, 0.4) is 0 Å². The first kappa shape index (κ1) is 19.9.